The molecule has 1 unspecified atom stereocenters. The largest absolute Gasteiger partial charge is 0.492 e. The number of fused-ring (bicyclic) bond motifs is 1. The van der Waals surface area contributed by atoms with Crippen molar-refractivity contribution < 1.29 is 8.95 Å². The Balaban J connectivity index is 0.00000176. The van der Waals surface area contributed by atoms with Gasteiger partial charge in [-0.25, -0.2) is 0 Å². The Kier molecular flexibility index (Phi) is 9.75. The molecule has 0 radical (unpaired) electrons. The maximum atomic E-state index is 13.7. The summed E-state index contributed by atoms with van der Waals surface area (Å²) >= 11 is 0. The minimum atomic E-state index is -3.06. The van der Waals surface area contributed by atoms with Gasteiger partial charge in [0.15, 0.2) is 0 Å². The van der Waals surface area contributed by atoms with Crippen LogP contribution in [0.4, 0.5) is 5.69 Å². The molecule has 0 aromatic heterocycles. The van der Waals surface area contributed by atoms with E-state index in [9.17, 15) is 4.21 Å². The number of nitrogens with one attached hydrogen (secondary N) is 2. The van der Waals surface area contributed by atoms with Crippen molar-refractivity contribution in [1.82, 2.24) is 5.32 Å². The highest BCUT2D eigenvalue weighted by Crippen LogP contribution is 2.29. The Hall–Kier alpha value is -2.83. The number of nitrogen functional groups attached to an aromatic ring is 1. The van der Waals surface area contributed by atoms with Gasteiger partial charge in [-0.2, -0.15) is 0 Å². The Labute approximate surface area is 192 Å². The Morgan fingerprint density at radius 1 is 1.09 bits per heavy atom. The third-order valence-electron chi connectivity index (χ3n) is 4.96. The lowest BCUT2D eigenvalue weighted by Crippen LogP contribution is -2.22. The molecule has 0 bridgehead atoms. The zero-order valence-electron chi connectivity index (χ0n) is 19.3. The SMILES string of the molecule is C=S(=O)(C(=N)c1cc(OCCNCCCC)ccc1N)c1cccc2ccccc12.CC. The average Bonchev–Trinajstić information content (AvgIpc) is 2.82. The summed E-state index contributed by atoms with van der Waals surface area (Å²) in [5.41, 5.74) is 6.89. The molecule has 5 nitrogen and oxygen atoms in total. The van der Waals surface area contributed by atoms with E-state index in [1.807, 2.05) is 50.2 Å². The average molecular weight is 454 g/mol. The topological polar surface area (TPSA) is 88.2 Å². The van der Waals surface area contributed by atoms with E-state index >= 15 is 0 Å². The van der Waals surface area contributed by atoms with Gasteiger partial charge in [-0.1, -0.05) is 63.6 Å². The molecular formula is C26H35N3O2S. The molecule has 0 aliphatic rings. The molecule has 0 saturated heterocycles. The van der Waals surface area contributed by atoms with E-state index in [4.69, 9.17) is 15.9 Å². The predicted octanol–water partition coefficient (Wildman–Crippen LogP) is 5.32. The number of anilines is 1. The van der Waals surface area contributed by atoms with E-state index in [-0.39, 0.29) is 5.04 Å². The zero-order valence-corrected chi connectivity index (χ0v) is 20.1. The van der Waals surface area contributed by atoms with Gasteiger partial charge in [0.05, 0.1) is 0 Å². The summed E-state index contributed by atoms with van der Waals surface area (Å²) in [7, 11) is -3.06. The summed E-state index contributed by atoms with van der Waals surface area (Å²) in [4.78, 5) is 0.538. The van der Waals surface area contributed by atoms with Crippen molar-refractivity contribution in [3.63, 3.8) is 0 Å². The van der Waals surface area contributed by atoms with Crippen LogP contribution in [0.1, 0.15) is 39.2 Å². The lowest BCUT2D eigenvalue weighted by molar-refractivity contribution is 0.314. The normalized spacial score (nSPS) is 12.5. The molecule has 1 atom stereocenters. The minimum Gasteiger partial charge on any atom is -0.492 e. The fraction of sp³-hybridized carbons (Fsp3) is 0.308. The van der Waals surface area contributed by atoms with E-state index in [2.05, 4.69) is 18.1 Å². The first-order valence-corrected chi connectivity index (χ1v) is 12.8. The number of benzene rings is 3. The van der Waals surface area contributed by atoms with Crippen LogP contribution in [0.5, 0.6) is 5.75 Å². The van der Waals surface area contributed by atoms with Crippen molar-refractivity contribution in [2.45, 2.75) is 38.5 Å². The van der Waals surface area contributed by atoms with Crippen LogP contribution in [0.25, 0.3) is 10.8 Å². The van der Waals surface area contributed by atoms with Crippen molar-refractivity contribution in [2.75, 3.05) is 25.4 Å². The van der Waals surface area contributed by atoms with E-state index in [1.165, 1.54) is 0 Å². The molecular weight excluding hydrogens is 418 g/mol. The minimum absolute atomic E-state index is 0.0946. The number of hydrogen-bond acceptors (Lipinski definition) is 5. The van der Waals surface area contributed by atoms with Gasteiger partial charge in [0.1, 0.15) is 17.4 Å². The van der Waals surface area contributed by atoms with Gasteiger partial charge in [-0.15, -0.1) is 0 Å². The maximum absolute atomic E-state index is 13.7. The quantitative estimate of drug-likeness (QED) is 0.135. The third-order valence-corrected chi connectivity index (χ3v) is 6.90. The van der Waals surface area contributed by atoms with E-state index < -0.39 is 9.52 Å². The van der Waals surface area contributed by atoms with Crippen LogP contribution < -0.4 is 15.8 Å². The molecule has 0 aliphatic carbocycles. The molecule has 3 aromatic carbocycles. The second-order valence-corrected chi connectivity index (χ2v) is 9.38. The van der Waals surface area contributed by atoms with Crippen molar-refractivity contribution >= 4 is 36.9 Å². The zero-order chi connectivity index (χ0) is 23.6. The molecule has 3 rings (SSSR count). The number of hydrogen-bond donors (Lipinski definition) is 3. The highest BCUT2D eigenvalue weighted by Gasteiger charge is 2.21. The van der Waals surface area contributed by atoms with Crippen LogP contribution in [0.2, 0.25) is 0 Å². The van der Waals surface area contributed by atoms with Crippen molar-refractivity contribution in [3.05, 3.63) is 66.2 Å². The molecule has 0 spiro atoms. The molecule has 4 N–H and O–H groups in total. The third kappa shape index (κ3) is 6.11. The number of rotatable bonds is 9. The summed E-state index contributed by atoms with van der Waals surface area (Å²) < 4.78 is 19.5. The highest BCUT2D eigenvalue weighted by atomic mass is 32.2. The summed E-state index contributed by atoms with van der Waals surface area (Å²) in [5, 5.41) is 13.7. The molecule has 0 aliphatic heterocycles. The summed E-state index contributed by atoms with van der Waals surface area (Å²) in [6.07, 6.45) is 2.29. The molecule has 3 aromatic rings. The Bertz CT molecular complexity index is 1140. The van der Waals surface area contributed by atoms with Crippen molar-refractivity contribution in [2.24, 2.45) is 0 Å². The molecule has 0 heterocycles. The van der Waals surface area contributed by atoms with Crippen LogP contribution in [0.3, 0.4) is 0 Å². The first kappa shape index (κ1) is 25.4. The summed E-state index contributed by atoms with van der Waals surface area (Å²) in [6, 6.07) is 18.4. The van der Waals surface area contributed by atoms with Crippen molar-refractivity contribution in [3.8, 4) is 5.75 Å². The lowest BCUT2D eigenvalue weighted by Gasteiger charge is -2.16. The Morgan fingerprint density at radius 3 is 2.56 bits per heavy atom. The molecule has 6 heteroatoms. The van der Waals surface area contributed by atoms with Crippen LogP contribution in [0.15, 0.2) is 65.6 Å². The molecule has 0 fully saturated rings. The van der Waals surface area contributed by atoms with Gasteiger partial charge in [0, 0.05) is 32.2 Å². The summed E-state index contributed by atoms with van der Waals surface area (Å²) in [5.74, 6) is 4.53. The second kappa shape index (κ2) is 12.3. The molecule has 32 heavy (non-hydrogen) atoms. The van der Waals surface area contributed by atoms with E-state index in [0.717, 1.165) is 36.7 Å². The van der Waals surface area contributed by atoms with Gasteiger partial charge in [0.25, 0.3) is 0 Å². The molecule has 0 amide bonds. The highest BCUT2D eigenvalue weighted by molar-refractivity contribution is 8.14. The number of unbranched alkanes of at least 4 members (excludes halogenated alkanes) is 1. The lowest BCUT2D eigenvalue weighted by atomic mass is 10.1. The van der Waals surface area contributed by atoms with Gasteiger partial charge in [0.2, 0.25) is 0 Å². The molecule has 172 valence electrons. The van der Waals surface area contributed by atoms with Crippen LogP contribution in [-0.2, 0) is 9.52 Å². The van der Waals surface area contributed by atoms with Crippen LogP contribution >= 0.6 is 0 Å². The van der Waals surface area contributed by atoms with Gasteiger partial charge in [-0.05, 0) is 53.9 Å². The van der Waals surface area contributed by atoms with Gasteiger partial charge < -0.3 is 15.8 Å². The van der Waals surface area contributed by atoms with Crippen LogP contribution in [0, 0.1) is 5.41 Å². The standard InChI is InChI=1S/C24H29N3O2S.C2H6/c1-3-4-14-27-15-16-29-19-12-13-22(25)21(17-19)24(26)30(2,28)23-11-7-9-18-8-5-6-10-20(18)23;1-2/h5-13,17,26-27H,2-4,14-16,25H2,1H3;1-2H3. The fourth-order valence-corrected chi connectivity index (χ4v) is 4.85. The molecule has 0 saturated carbocycles. The number of nitrogens with two attached hydrogens (primary N) is 1. The van der Waals surface area contributed by atoms with E-state index in [0.29, 0.717) is 28.5 Å². The Morgan fingerprint density at radius 2 is 1.81 bits per heavy atom. The number of ether oxygens (including phenoxy) is 1. The van der Waals surface area contributed by atoms with Gasteiger partial charge >= 0.3 is 0 Å². The van der Waals surface area contributed by atoms with E-state index in [1.54, 1.807) is 24.3 Å². The maximum Gasteiger partial charge on any atom is 0.124 e. The fourth-order valence-electron chi connectivity index (χ4n) is 3.26. The first-order valence-electron chi connectivity index (χ1n) is 11.1. The summed E-state index contributed by atoms with van der Waals surface area (Å²) in [6.45, 7) is 8.36. The predicted molar refractivity (Wildman–Crippen MR) is 140 cm³/mol. The van der Waals surface area contributed by atoms with Crippen molar-refractivity contribution in [1.29, 1.82) is 5.41 Å². The van der Waals surface area contributed by atoms with Gasteiger partial charge in [-0.3, -0.25) is 9.62 Å². The monoisotopic (exact) mass is 453 g/mol. The first-order chi connectivity index (χ1) is 15.4. The second-order valence-electron chi connectivity index (χ2n) is 7.18. The van der Waals surface area contributed by atoms with Crippen LogP contribution in [-0.4, -0.2) is 34.8 Å². The smallest absolute Gasteiger partial charge is 0.124 e.